The van der Waals surface area contributed by atoms with Crippen molar-refractivity contribution in [2.75, 3.05) is 5.73 Å². The molecule has 20 heavy (non-hydrogen) atoms. The van der Waals surface area contributed by atoms with Crippen LogP contribution in [0.15, 0.2) is 57.5 Å². The Morgan fingerprint density at radius 1 is 1.05 bits per heavy atom. The third-order valence-electron chi connectivity index (χ3n) is 2.94. The van der Waals surface area contributed by atoms with Crippen LogP contribution < -0.4 is 5.73 Å². The molecule has 0 aliphatic carbocycles. The summed E-state index contributed by atoms with van der Waals surface area (Å²) in [4.78, 5) is 0. The maximum absolute atomic E-state index is 5.94. The number of hydrogen-bond acceptors (Lipinski definition) is 3. The van der Waals surface area contributed by atoms with E-state index in [1.54, 1.807) is 0 Å². The molecule has 100 valence electrons. The van der Waals surface area contributed by atoms with Crippen LogP contribution in [0.25, 0.3) is 22.5 Å². The molecule has 5 heteroatoms. The first-order valence-corrected chi connectivity index (χ1v) is 7.09. The number of rotatable bonds is 2. The Bertz CT molecular complexity index is 753. The van der Waals surface area contributed by atoms with Gasteiger partial charge in [-0.25, -0.2) is 0 Å². The minimum absolute atomic E-state index is 0.363. The van der Waals surface area contributed by atoms with Crippen molar-refractivity contribution >= 4 is 33.3 Å². The number of benzene rings is 2. The van der Waals surface area contributed by atoms with Crippen LogP contribution in [-0.2, 0) is 0 Å². The Kier molecular flexibility index (Phi) is 3.51. The van der Waals surface area contributed by atoms with Crippen molar-refractivity contribution in [3.05, 3.63) is 58.0 Å². The predicted molar refractivity (Wildman–Crippen MR) is 84.5 cm³/mol. The van der Waals surface area contributed by atoms with Crippen LogP contribution in [0.2, 0.25) is 5.02 Å². The zero-order valence-corrected chi connectivity index (χ0v) is 12.6. The lowest BCUT2D eigenvalue weighted by atomic mass is 10.0. The smallest absolute Gasteiger partial charge is 0.176 e. The zero-order chi connectivity index (χ0) is 14.1. The van der Waals surface area contributed by atoms with Gasteiger partial charge in [0.25, 0.3) is 0 Å². The average molecular weight is 350 g/mol. The molecule has 3 aromatic rings. The normalized spacial score (nSPS) is 10.7. The van der Waals surface area contributed by atoms with E-state index in [0.717, 1.165) is 21.2 Å². The summed E-state index contributed by atoms with van der Waals surface area (Å²) in [5.74, 6) is 1.01. The fourth-order valence-corrected chi connectivity index (χ4v) is 2.55. The Morgan fingerprint density at radius 2 is 1.80 bits per heavy atom. The van der Waals surface area contributed by atoms with Crippen molar-refractivity contribution in [1.82, 2.24) is 5.16 Å². The summed E-state index contributed by atoms with van der Waals surface area (Å²) in [5.41, 5.74) is 8.55. The van der Waals surface area contributed by atoms with E-state index >= 15 is 0 Å². The van der Waals surface area contributed by atoms with Crippen LogP contribution in [0.1, 0.15) is 0 Å². The van der Waals surface area contributed by atoms with Gasteiger partial charge in [0, 0.05) is 15.1 Å². The highest BCUT2D eigenvalue weighted by Gasteiger charge is 2.17. The maximum atomic E-state index is 5.94. The third kappa shape index (κ3) is 2.44. The lowest BCUT2D eigenvalue weighted by molar-refractivity contribution is 0.436. The van der Waals surface area contributed by atoms with Gasteiger partial charge in [-0.2, -0.15) is 0 Å². The fraction of sp³-hybridized carbons (Fsp3) is 0. The van der Waals surface area contributed by atoms with Crippen molar-refractivity contribution < 1.29 is 4.52 Å². The summed E-state index contributed by atoms with van der Waals surface area (Å²) in [5, 5.41) is 4.55. The van der Waals surface area contributed by atoms with Gasteiger partial charge in [-0.15, -0.1) is 0 Å². The van der Waals surface area contributed by atoms with E-state index in [0.29, 0.717) is 16.6 Å². The van der Waals surface area contributed by atoms with Gasteiger partial charge in [0.15, 0.2) is 11.6 Å². The lowest BCUT2D eigenvalue weighted by Gasteiger charge is -2.03. The SMILES string of the molecule is Nc1noc(-c2cccc(Br)c2)c1-c1ccc(Cl)cc1. The van der Waals surface area contributed by atoms with Gasteiger partial charge in [-0.1, -0.05) is 57.0 Å². The van der Waals surface area contributed by atoms with Gasteiger partial charge in [0.1, 0.15) is 0 Å². The molecule has 0 bridgehead atoms. The Balaban J connectivity index is 2.17. The summed E-state index contributed by atoms with van der Waals surface area (Å²) in [6.07, 6.45) is 0. The van der Waals surface area contributed by atoms with Crippen LogP contribution in [-0.4, -0.2) is 5.16 Å². The van der Waals surface area contributed by atoms with Gasteiger partial charge in [-0.05, 0) is 29.8 Å². The Labute approximate surface area is 129 Å². The van der Waals surface area contributed by atoms with Crippen LogP contribution in [0.4, 0.5) is 5.82 Å². The minimum atomic E-state index is 0.363. The molecule has 0 radical (unpaired) electrons. The summed E-state index contributed by atoms with van der Waals surface area (Å²) >= 11 is 9.36. The number of anilines is 1. The second kappa shape index (κ2) is 5.31. The molecule has 3 rings (SSSR count). The van der Waals surface area contributed by atoms with Crippen molar-refractivity contribution in [2.45, 2.75) is 0 Å². The molecule has 0 atom stereocenters. The van der Waals surface area contributed by atoms with Crippen LogP contribution >= 0.6 is 27.5 Å². The molecule has 2 N–H and O–H groups in total. The summed E-state index contributed by atoms with van der Waals surface area (Å²) < 4.78 is 6.36. The molecule has 0 spiro atoms. The number of nitrogen functional groups attached to an aromatic ring is 1. The number of halogens is 2. The lowest BCUT2D eigenvalue weighted by Crippen LogP contribution is -1.88. The molecule has 0 amide bonds. The van der Waals surface area contributed by atoms with Gasteiger partial charge in [-0.3, -0.25) is 0 Å². The first-order valence-electron chi connectivity index (χ1n) is 5.92. The van der Waals surface area contributed by atoms with E-state index in [1.165, 1.54) is 0 Å². The van der Waals surface area contributed by atoms with Crippen LogP contribution in [0, 0.1) is 0 Å². The van der Waals surface area contributed by atoms with Crippen molar-refractivity contribution in [1.29, 1.82) is 0 Å². The van der Waals surface area contributed by atoms with E-state index in [4.69, 9.17) is 21.9 Å². The topological polar surface area (TPSA) is 52.0 Å². The standard InChI is InChI=1S/C15H10BrClN2O/c16-11-3-1-2-10(8-11)14-13(15(18)19-20-14)9-4-6-12(17)7-5-9/h1-8H,(H2,18,19). The van der Waals surface area contributed by atoms with Gasteiger partial charge >= 0.3 is 0 Å². The van der Waals surface area contributed by atoms with E-state index in [9.17, 15) is 0 Å². The van der Waals surface area contributed by atoms with Gasteiger partial charge in [0.05, 0.1) is 5.56 Å². The summed E-state index contributed by atoms with van der Waals surface area (Å²) in [6, 6.07) is 15.2. The first kappa shape index (κ1) is 13.2. The molecule has 0 saturated heterocycles. The van der Waals surface area contributed by atoms with E-state index < -0.39 is 0 Å². The highest BCUT2D eigenvalue weighted by atomic mass is 79.9. The highest BCUT2D eigenvalue weighted by molar-refractivity contribution is 9.10. The number of hydrogen-bond donors (Lipinski definition) is 1. The quantitative estimate of drug-likeness (QED) is 0.708. The zero-order valence-electron chi connectivity index (χ0n) is 10.3. The molecule has 2 aromatic carbocycles. The number of aromatic nitrogens is 1. The monoisotopic (exact) mass is 348 g/mol. The Morgan fingerprint density at radius 3 is 2.50 bits per heavy atom. The van der Waals surface area contributed by atoms with E-state index in [-0.39, 0.29) is 0 Å². The van der Waals surface area contributed by atoms with Crippen molar-refractivity contribution in [3.63, 3.8) is 0 Å². The molecule has 0 fully saturated rings. The summed E-state index contributed by atoms with van der Waals surface area (Å²) in [6.45, 7) is 0. The maximum Gasteiger partial charge on any atom is 0.176 e. The molecule has 1 aromatic heterocycles. The predicted octanol–water partition coefficient (Wildman–Crippen LogP) is 5.01. The number of nitrogens with zero attached hydrogens (tertiary/aromatic N) is 1. The van der Waals surface area contributed by atoms with E-state index in [2.05, 4.69) is 21.1 Å². The van der Waals surface area contributed by atoms with Crippen LogP contribution in [0.3, 0.4) is 0 Å². The average Bonchev–Trinajstić information content (AvgIpc) is 2.82. The second-order valence-electron chi connectivity index (χ2n) is 4.29. The van der Waals surface area contributed by atoms with Gasteiger partial charge in [0.2, 0.25) is 0 Å². The number of nitrogens with two attached hydrogens (primary N) is 1. The molecular weight excluding hydrogens is 340 g/mol. The van der Waals surface area contributed by atoms with Crippen LogP contribution in [0.5, 0.6) is 0 Å². The third-order valence-corrected chi connectivity index (χ3v) is 3.68. The summed E-state index contributed by atoms with van der Waals surface area (Å²) in [7, 11) is 0. The first-order chi connectivity index (χ1) is 9.65. The molecular formula is C15H10BrClN2O. The molecule has 3 nitrogen and oxygen atoms in total. The minimum Gasteiger partial charge on any atom is -0.380 e. The molecule has 1 heterocycles. The fourth-order valence-electron chi connectivity index (χ4n) is 2.02. The van der Waals surface area contributed by atoms with E-state index in [1.807, 2.05) is 48.5 Å². The van der Waals surface area contributed by atoms with Crippen molar-refractivity contribution in [2.24, 2.45) is 0 Å². The van der Waals surface area contributed by atoms with Crippen molar-refractivity contribution in [3.8, 4) is 22.5 Å². The Hall–Kier alpha value is -1.78. The molecule has 0 aliphatic heterocycles. The largest absolute Gasteiger partial charge is 0.380 e. The molecule has 0 saturated carbocycles. The molecule has 0 aliphatic rings. The highest BCUT2D eigenvalue weighted by Crippen LogP contribution is 2.37. The molecule has 0 unspecified atom stereocenters. The van der Waals surface area contributed by atoms with Gasteiger partial charge < -0.3 is 10.3 Å². The second-order valence-corrected chi connectivity index (χ2v) is 5.64.